The summed E-state index contributed by atoms with van der Waals surface area (Å²) in [6.45, 7) is 7.46. The Bertz CT molecular complexity index is 425. The van der Waals surface area contributed by atoms with Crippen molar-refractivity contribution in [3.8, 4) is 0 Å². The van der Waals surface area contributed by atoms with Crippen LogP contribution in [0, 0.1) is 5.92 Å². The molecule has 0 aliphatic carbocycles. The van der Waals surface area contributed by atoms with Crippen LogP contribution in [-0.2, 0) is 14.4 Å². The fraction of sp³-hybridized carbons (Fsp3) is 0.786. The van der Waals surface area contributed by atoms with Crippen molar-refractivity contribution in [2.24, 2.45) is 5.92 Å². The van der Waals surface area contributed by atoms with Crippen LogP contribution in [0.5, 0.6) is 0 Å². The third-order valence-corrected chi connectivity index (χ3v) is 4.41. The van der Waals surface area contributed by atoms with Crippen molar-refractivity contribution in [2.45, 2.75) is 39.2 Å². The van der Waals surface area contributed by atoms with Gasteiger partial charge in [0.25, 0.3) is 0 Å². The van der Waals surface area contributed by atoms with E-state index in [2.05, 4.69) is 5.32 Å². The lowest BCUT2D eigenvalue weighted by atomic mass is 9.91. The molecular weight excluding hydrogens is 258 g/mol. The van der Waals surface area contributed by atoms with Gasteiger partial charge in [-0.1, -0.05) is 0 Å². The van der Waals surface area contributed by atoms with Gasteiger partial charge in [0.05, 0.1) is 0 Å². The predicted octanol–water partition coefficient (Wildman–Crippen LogP) is -0.0181. The summed E-state index contributed by atoms with van der Waals surface area (Å²) in [5.74, 6) is -0.0596. The second kappa shape index (κ2) is 5.42. The molecule has 2 fully saturated rings. The van der Waals surface area contributed by atoms with Crippen molar-refractivity contribution in [1.29, 1.82) is 0 Å². The Morgan fingerprint density at radius 2 is 1.80 bits per heavy atom. The molecule has 0 spiro atoms. The van der Waals surface area contributed by atoms with Crippen LogP contribution in [-0.4, -0.2) is 59.2 Å². The van der Waals surface area contributed by atoms with Crippen molar-refractivity contribution in [2.75, 3.05) is 26.2 Å². The average Bonchev–Trinajstić information content (AvgIpc) is 2.41. The summed E-state index contributed by atoms with van der Waals surface area (Å²) >= 11 is 0. The number of amides is 3. The van der Waals surface area contributed by atoms with E-state index in [0.29, 0.717) is 39.0 Å². The topological polar surface area (TPSA) is 69.7 Å². The van der Waals surface area contributed by atoms with Crippen LogP contribution in [0.3, 0.4) is 0 Å². The Hall–Kier alpha value is -1.59. The molecule has 0 aromatic carbocycles. The quantitative estimate of drug-likeness (QED) is 0.734. The summed E-state index contributed by atoms with van der Waals surface area (Å²) in [6, 6.07) is 0. The zero-order chi connectivity index (χ0) is 14.9. The van der Waals surface area contributed by atoms with Crippen LogP contribution in [0.4, 0.5) is 0 Å². The molecule has 0 aromatic heterocycles. The molecule has 0 radical (unpaired) electrons. The van der Waals surface area contributed by atoms with Gasteiger partial charge in [-0.05, 0) is 26.7 Å². The fourth-order valence-electron chi connectivity index (χ4n) is 2.95. The Labute approximate surface area is 119 Å². The predicted molar refractivity (Wildman–Crippen MR) is 73.8 cm³/mol. The monoisotopic (exact) mass is 281 g/mol. The molecule has 2 aliphatic heterocycles. The number of hydrogen-bond acceptors (Lipinski definition) is 3. The van der Waals surface area contributed by atoms with Gasteiger partial charge in [-0.2, -0.15) is 0 Å². The van der Waals surface area contributed by atoms with Crippen LogP contribution < -0.4 is 5.32 Å². The van der Waals surface area contributed by atoms with Gasteiger partial charge >= 0.3 is 0 Å². The molecule has 0 bridgehead atoms. The molecule has 2 saturated heterocycles. The summed E-state index contributed by atoms with van der Waals surface area (Å²) in [4.78, 5) is 39.3. The Morgan fingerprint density at radius 3 is 2.35 bits per heavy atom. The molecule has 3 amide bonds. The van der Waals surface area contributed by atoms with Crippen molar-refractivity contribution in [1.82, 2.24) is 15.1 Å². The molecule has 2 aliphatic rings. The van der Waals surface area contributed by atoms with Crippen LogP contribution in [0.15, 0.2) is 0 Å². The number of piperidine rings is 1. The van der Waals surface area contributed by atoms with E-state index in [1.807, 2.05) is 0 Å². The summed E-state index contributed by atoms with van der Waals surface area (Å²) in [7, 11) is 0. The second-order valence-corrected chi connectivity index (χ2v) is 6.09. The van der Waals surface area contributed by atoms with Gasteiger partial charge in [-0.25, -0.2) is 0 Å². The number of carbonyl (C=O) groups excluding carboxylic acids is 3. The first-order valence-electron chi connectivity index (χ1n) is 7.19. The standard InChI is InChI=1S/C14H23N3O3/c1-10(18)16-7-4-11(5-8-16)12(19)17-9-6-15-13(20)14(17,2)3/h11H,4-9H2,1-3H3,(H,15,20). The van der Waals surface area contributed by atoms with Crippen LogP contribution in [0.1, 0.15) is 33.6 Å². The van der Waals surface area contributed by atoms with E-state index in [9.17, 15) is 14.4 Å². The Balaban J connectivity index is 2.01. The smallest absolute Gasteiger partial charge is 0.245 e. The minimum atomic E-state index is -0.785. The Kier molecular flexibility index (Phi) is 4.01. The molecule has 1 N–H and O–H groups in total. The average molecular weight is 281 g/mol. The van der Waals surface area contributed by atoms with Crippen LogP contribution in [0.25, 0.3) is 0 Å². The highest BCUT2D eigenvalue weighted by molar-refractivity contribution is 5.92. The number of nitrogens with zero attached hydrogens (tertiary/aromatic N) is 2. The van der Waals surface area contributed by atoms with Crippen LogP contribution in [0.2, 0.25) is 0 Å². The molecule has 0 unspecified atom stereocenters. The summed E-state index contributed by atoms with van der Waals surface area (Å²) in [5.41, 5.74) is -0.785. The normalized spacial score (nSPS) is 23.4. The van der Waals surface area contributed by atoms with E-state index >= 15 is 0 Å². The lowest BCUT2D eigenvalue weighted by Gasteiger charge is -2.43. The highest BCUT2D eigenvalue weighted by Gasteiger charge is 2.42. The summed E-state index contributed by atoms with van der Waals surface area (Å²) in [6.07, 6.45) is 1.37. The lowest BCUT2D eigenvalue weighted by Crippen LogP contribution is -2.64. The maximum Gasteiger partial charge on any atom is 0.245 e. The molecule has 6 heteroatoms. The molecule has 2 heterocycles. The van der Waals surface area contributed by atoms with Crippen molar-refractivity contribution in [3.05, 3.63) is 0 Å². The zero-order valence-corrected chi connectivity index (χ0v) is 12.4. The van der Waals surface area contributed by atoms with Gasteiger partial charge in [-0.3, -0.25) is 14.4 Å². The maximum absolute atomic E-state index is 12.6. The Morgan fingerprint density at radius 1 is 1.20 bits per heavy atom. The third kappa shape index (κ3) is 2.64. The lowest BCUT2D eigenvalue weighted by molar-refractivity contribution is -0.153. The van der Waals surface area contributed by atoms with Crippen molar-refractivity contribution in [3.63, 3.8) is 0 Å². The molecule has 2 rings (SSSR count). The fourth-order valence-corrected chi connectivity index (χ4v) is 2.95. The molecule has 0 atom stereocenters. The van der Waals surface area contributed by atoms with E-state index in [4.69, 9.17) is 0 Å². The molecular formula is C14H23N3O3. The number of likely N-dealkylation sites (tertiary alicyclic amines) is 1. The van der Waals surface area contributed by atoms with Crippen LogP contribution >= 0.6 is 0 Å². The summed E-state index contributed by atoms with van der Waals surface area (Å²) < 4.78 is 0. The number of carbonyl (C=O) groups is 3. The molecule has 20 heavy (non-hydrogen) atoms. The zero-order valence-electron chi connectivity index (χ0n) is 12.4. The molecule has 0 saturated carbocycles. The number of nitrogens with one attached hydrogen (secondary N) is 1. The van der Waals surface area contributed by atoms with Crippen molar-refractivity contribution >= 4 is 17.7 Å². The van der Waals surface area contributed by atoms with E-state index in [-0.39, 0.29) is 23.6 Å². The van der Waals surface area contributed by atoms with E-state index in [0.717, 1.165) is 0 Å². The number of rotatable bonds is 1. The number of piperazine rings is 1. The first-order valence-corrected chi connectivity index (χ1v) is 7.19. The van der Waals surface area contributed by atoms with Gasteiger partial charge in [0.15, 0.2) is 0 Å². The number of hydrogen-bond donors (Lipinski definition) is 1. The SMILES string of the molecule is CC(=O)N1CCC(C(=O)N2CCNC(=O)C2(C)C)CC1. The minimum Gasteiger partial charge on any atom is -0.352 e. The first kappa shape index (κ1) is 14.8. The molecule has 112 valence electrons. The highest BCUT2D eigenvalue weighted by atomic mass is 16.2. The van der Waals surface area contributed by atoms with E-state index in [1.54, 1.807) is 30.6 Å². The van der Waals surface area contributed by atoms with Gasteiger partial charge < -0.3 is 15.1 Å². The van der Waals surface area contributed by atoms with Gasteiger partial charge in [-0.15, -0.1) is 0 Å². The largest absolute Gasteiger partial charge is 0.352 e. The minimum absolute atomic E-state index is 0.0491. The van der Waals surface area contributed by atoms with Gasteiger partial charge in [0, 0.05) is 39.0 Å². The highest BCUT2D eigenvalue weighted by Crippen LogP contribution is 2.25. The van der Waals surface area contributed by atoms with Gasteiger partial charge in [0.2, 0.25) is 17.7 Å². The van der Waals surface area contributed by atoms with E-state index in [1.165, 1.54) is 0 Å². The summed E-state index contributed by atoms with van der Waals surface area (Å²) in [5, 5.41) is 2.80. The maximum atomic E-state index is 12.6. The van der Waals surface area contributed by atoms with Gasteiger partial charge in [0.1, 0.15) is 5.54 Å². The third-order valence-electron chi connectivity index (χ3n) is 4.41. The molecule has 0 aromatic rings. The van der Waals surface area contributed by atoms with Crippen molar-refractivity contribution < 1.29 is 14.4 Å². The second-order valence-electron chi connectivity index (χ2n) is 6.09. The first-order chi connectivity index (χ1) is 9.34. The molecule has 6 nitrogen and oxygen atoms in total. The van der Waals surface area contributed by atoms with E-state index < -0.39 is 5.54 Å².